The molecular formula is C13H15ClN4O3. The summed E-state index contributed by atoms with van der Waals surface area (Å²) >= 11 is 6.07. The number of ether oxygens (including phenoxy) is 2. The van der Waals surface area contributed by atoms with Gasteiger partial charge in [-0.05, 0) is 6.92 Å². The third-order valence-electron chi connectivity index (χ3n) is 3.20. The number of carbonyl (C=O) groups excluding carboxylic acids is 1. The van der Waals surface area contributed by atoms with E-state index in [-0.39, 0.29) is 5.69 Å². The van der Waals surface area contributed by atoms with E-state index in [1.54, 1.807) is 23.6 Å². The van der Waals surface area contributed by atoms with Crippen LogP contribution < -0.4 is 4.90 Å². The Morgan fingerprint density at radius 2 is 2.19 bits per heavy atom. The lowest BCUT2D eigenvalue weighted by Crippen LogP contribution is -2.37. The van der Waals surface area contributed by atoms with Gasteiger partial charge in [0.2, 0.25) is 0 Å². The Kier molecular flexibility index (Phi) is 3.94. The first kappa shape index (κ1) is 14.1. The van der Waals surface area contributed by atoms with E-state index in [2.05, 4.69) is 15.0 Å². The zero-order chi connectivity index (χ0) is 14.8. The molecule has 0 amide bonds. The molecule has 112 valence electrons. The fourth-order valence-electron chi connectivity index (χ4n) is 2.25. The van der Waals surface area contributed by atoms with Crippen LogP contribution in [0.3, 0.4) is 0 Å². The maximum absolute atomic E-state index is 11.8. The molecule has 0 bridgehead atoms. The van der Waals surface area contributed by atoms with Gasteiger partial charge in [-0.2, -0.15) is 9.61 Å². The van der Waals surface area contributed by atoms with Gasteiger partial charge in [-0.1, -0.05) is 11.6 Å². The number of nitrogens with zero attached hydrogens (tertiary/aromatic N) is 4. The zero-order valence-corrected chi connectivity index (χ0v) is 12.3. The van der Waals surface area contributed by atoms with Crippen molar-refractivity contribution >= 4 is 29.0 Å². The smallest absolute Gasteiger partial charge is 0.358 e. The predicted octanol–water partition coefficient (Wildman–Crippen LogP) is 1.40. The molecule has 0 spiro atoms. The van der Waals surface area contributed by atoms with Crippen LogP contribution in [0.4, 0.5) is 5.82 Å². The summed E-state index contributed by atoms with van der Waals surface area (Å²) in [7, 11) is 0. The van der Waals surface area contributed by atoms with Crippen LogP contribution in [0.5, 0.6) is 0 Å². The number of carbonyl (C=O) groups is 1. The van der Waals surface area contributed by atoms with E-state index >= 15 is 0 Å². The van der Waals surface area contributed by atoms with Crippen molar-refractivity contribution in [3.8, 4) is 0 Å². The van der Waals surface area contributed by atoms with Crippen LogP contribution in [-0.2, 0) is 9.47 Å². The first-order valence-corrected chi connectivity index (χ1v) is 7.13. The molecule has 2 aromatic rings. The summed E-state index contributed by atoms with van der Waals surface area (Å²) in [4.78, 5) is 18.1. The van der Waals surface area contributed by atoms with Crippen molar-refractivity contribution in [2.45, 2.75) is 6.92 Å². The van der Waals surface area contributed by atoms with Gasteiger partial charge >= 0.3 is 5.97 Å². The molecule has 21 heavy (non-hydrogen) atoms. The minimum Gasteiger partial charge on any atom is -0.461 e. The molecule has 0 atom stereocenters. The standard InChI is InChI=1S/C13H15ClN4O3/c1-2-21-13(19)9-7-11-15-10(14)8-12(18(11)16-9)17-3-5-20-6-4-17/h7-8H,2-6H2,1H3. The van der Waals surface area contributed by atoms with Gasteiger partial charge in [-0.25, -0.2) is 9.78 Å². The van der Waals surface area contributed by atoms with Crippen LogP contribution in [0.1, 0.15) is 17.4 Å². The van der Waals surface area contributed by atoms with Crippen LogP contribution in [0.2, 0.25) is 5.15 Å². The molecule has 1 aliphatic rings. The van der Waals surface area contributed by atoms with Crippen molar-refractivity contribution in [3.63, 3.8) is 0 Å². The third kappa shape index (κ3) is 2.79. The van der Waals surface area contributed by atoms with E-state index in [9.17, 15) is 4.79 Å². The normalized spacial score (nSPS) is 15.4. The molecule has 0 aliphatic carbocycles. The number of hydrogen-bond acceptors (Lipinski definition) is 6. The van der Waals surface area contributed by atoms with Crippen LogP contribution in [0, 0.1) is 0 Å². The first-order chi connectivity index (χ1) is 10.2. The van der Waals surface area contributed by atoms with E-state index in [0.717, 1.165) is 18.9 Å². The van der Waals surface area contributed by atoms with Crippen LogP contribution in [0.25, 0.3) is 5.65 Å². The largest absolute Gasteiger partial charge is 0.461 e. The number of halogens is 1. The van der Waals surface area contributed by atoms with Gasteiger partial charge in [0.1, 0.15) is 11.0 Å². The maximum atomic E-state index is 11.8. The highest BCUT2D eigenvalue weighted by atomic mass is 35.5. The molecule has 3 rings (SSSR count). The first-order valence-electron chi connectivity index (χ1n) is 6.75. The number of hydrogen-bond donors (Lipinski definition) is 0. The van der Waals surface area contributed by atoms with Gasteiger partial charge < -0.3 is 14.4 Å². The van der Waals surface area contributed by atoms with E-state index in [1.807, 2.05) is 0 Å². The third-order valence-corrected chi connectivity index (χ3v) is 3.39. The van der Waals surface area contributed by atoms with Gasteiger partial charge in [0.25, 0.3) is 0 Å². The van der Waals surface area contributed by atoms with Crippen molar-refractivity contribution in [2.75, 3.05) is 37.8 Å². The highest BCUT2D eigenvalue weighted by Crippen LogP contribution is 2.22. The molecule has 1 fully saturated rings. The van der Waals surface area contributed by atoms with Gasteiger partial charge in [0.05, 0.1) is 19.8 Å². The molecule has 0 saturated carbocycles. The predicted molar refractivity (Wildman–Crippen MR) is 77.0 cm³/mol. The summed E-state index contributed by atoms with van der Waals surface area (Å²) in [6.07, 6.45) is 0. The summed E-state index contributed by atoms with van der Waals surface area (Å²) < 4.78 is 11.9. The molecule has 0 unspecified atom stereocenters. The number of anilines is 1. The molecule has 3 heterocycles. The van der Waals surface area contributed by atoms with Crippen LogP contribution >= 0.6 is 11.6 Å². The lowest BCUT2D eigenvalue weighted by Gasteiger charge is -2.28. The number of morpholine rings is 1. The lowest BCUT2D eigenvalue weighted by atomic mass is 10.4. The van der Waals surface area contributed by atoms with E-state index < -0.39 is 5.97 Å². The van der Waals surface area contributed by atoms with Gasteiger partial charge in [-0.3, -0.25) is 0 Å². The van der Waals surface area contributed by atoms with Gasteiger partial charge in [0.15, 0.2) is 11.3 Å². The highest BCUT2D eigenvalue weighted by molar-refractivity contribution is 6.29. The second-order valence-corrected chi connectivity index (χ2v) is 4.94. The summed E-state index contributed by atoms with van der Waals surface area (Å²) in [5.41, 5.74) is 0.744. The summed E-state index contributed by atoms with van der Waals surface area (Å²) in [6, 6.07) is 3.32. The molecule has 2 aromatic heterocycles. The average Bonchev–Trinajstić information content (AvgIpc) is 2.91. The molecule has 0 radical (unpaired) electrons. The van der Waals surface area contributed by atoms with Crippen molar-refractivity contribution in [1.29, 1.82) is 0 Å². The Balaban J connectivity index is 2.04. The van der Waals surface area contributed by atoms with Gasteiger partial charge in [0, 0.05) is 25.2 Å². The molecular weight excluding hydrogens is 296 g/mol. The van der Waals surface area contributed by atoms with Crippen molar-refractivity contribution in [3.05, 3.63) is 23.0 Å². The van der Waals surface area contributed by atoms with Crippen molar-refractivity contribution < 1.29 is 14.3 Å². The highest BCUT2D eigenvalue weighted by Gasteiger charge is 2.19. The number of rotatable bonds is 3. The molecule has 1 aliphatic heterocycles. The lowest BCUT2D eigenvalue weighted by molar-refractivity contribution is 0.0519. The summed E-state index contributed by atoms with van der Waals surface area (Å²) in [5, 5.41) is 4.65. The SMILES string of the molecule is CCOC(=O)c1cc2nc(Cl)cc(N3CCOCC3)n2n1. The Labute approximate surface area is 126 Å². The van der Waals surface area contributed by atoms with Crippen LogP contribution in [-0.4, -0.2) is 53.5 Å². The minimum absolute atomic E-state index is 0.223. The molecule has 0 aromatic carbocycles. The fraction of sp³-hybridized carbons (Fsp3) is 0.462. The zero-order valence-electron chi connectivity index (χ0n) is 11.6. The topological polar surface area (TPSA) is 69.0 Å². The van der Waals surface area contributed by atoms with E-state index in [4.69, 9.17) is 21.1 Å². The number of aromatic nitrogens is 3. The van der Waals surface area contributed by atoms with E-state index in [1.165, 1.54) is 0 Å². The summed E-state index contributed by atoms with van der Waals surface area (Å²) in [6.45, 7) is 4.83. The summed E-state index contributed by atoms with van der Waals surface area (Å²) in [5.74, 6) is 0.330. The van der Waals surface area contributed by atoms with E-state index in [0.29, 0.717) is 30.6 Å². The quantitative estimate of drug-likeness (QED) is 0.630. The Morgan fingerprint density at radius 1 is 1.43 bits per heavy atom. The Bertz CT molecular complexity index is 667. The van der Waals surface area contributed by atoms with Crippen molar-refractivity contribution in [2.24, 2.45) is 0 Å². The molecule has 8 heteroatoms. The van der Waals surface area contributed by atoms with Crippen molar-refractivity contribution in [1.82, 2.24) is 14.6 Å². The monoisotopic (exact) mass is 310 g/mol. The number of fused-ring (bicyclic) bond motifs is 1. The molecule has 0 N–H and O–H groups in total. The Morgan fingerprint density at radius 3 is 2.90 bits per heavy atom. The number of esters is 1. The maximum Gasteiger partial charge on any atom is 0.358 e. The minimum atomic E-state index is -0.466. The van der Waals surface area contributed by atoms with Crippen LogP contribution in [0.15, 0.2) is 12.1 Å². The Hall–Kier alpha value is -1.86. The molecule has 7 nitrogen and oxygen atoms in total. The molecule has 1 saturated heterocycles. The van der Waals surface area contributed by atoms with Gasteiger partial charge in [-0.15, -0.1) is 0 Å². The fourth-order valence-corrected chi connectivity index (χ4v) is 2.44. The average molecular weight is 311 g/mol. The second-order valence-electron chi connectivity index (χ2n) is 4.56. The second kappa shape index (κ2) is 5.87.